The molecule has 2 aromatic heterocycles. The maximum Gasteiger partial charge on any atom is 0.221 e. The average molecular weight is 351 g/mol. The van der Waals surface area contributed by atoms with Crippen LogP contribution in [0.3, 0.4) is 0 Å². The smallest absolute Gasteiger partial charge is 0.221 e. The Morgan fingerprint density at radius 1 is 1.35 bits per heavy atom. The number of benzene rings is 1. The Hall–Kier alpha value is -2.89. The van der Waals surface area contributed by atoms with Crippen molar-refractivity contribution in [2.45, 2.75) is 39.7 Å². The number of nitrogens with zero attached hydrogens (tertiary/aromatic N) is 3. The Kier molecular flexibility index (Phi) is 5.51. The maximum atomic E-state index is 12.0. The highest BCUT2D eigenvalue weighted by atomic mass is 16.1. The summed E-state index contributed by atoms with van der Waals surface area (Å²) < 4.78 is 1.97. The number of aromatic nitrogens is 3. The number of carbonyl (C=O) groups excluding carboxylic acids is 1. The van der Waals surface area contributed by atoms with Crippen molar-refractivity contribution in [3.8, 4) is 11.3 Å². The van der Waals surface area contributed by atoms with E-state index in [1.165, 1.54) is 5.56 Å². The zero-order valence-electron chi connectivity index (χ0n) is 15.5. The molecule has 136 valence electrons. The van der Waals surface area contributed by atoms with Gasteiger partial charge in [-0.2, -0.15) is 0 Å². The van der Waals surface area contributed by atoms with Crippen LogP contribution in [0, 0.1) is 6.92 Å². The van der Waals surface area contributed by atoms with E-state index >= 15 is 0 Å². The summed E-state index contributed by atoms with van der Waals surface area (Å²) in [6.45, 7) is 6.67. The first-order valence-corrected chi connectivity index (χ1v) is 9.01. The number of carbonyl (C=O) groups is 1. The molecule has 3 aromatic rings. The van der Waals surface area contributed by atoms with Gasteiger partial charge in [0.25, 0.3) is 0 Å². The predicted molar refractivity (Wildman–Crippen MR) is 104 cm³/mol. The van der Waals surface area contributed by atoms with Crippen LogP contribution in [-0.2, 0) is 4.79 Å². The molecule has 26 heavy (non-hydrogen) atoms. The van der Waals surface area contributed by atoms with Crippen molar-refractivity contribution in [3.63, 3.8) is 0 Å². The van der Waals surface area contributed by atoms with Gasteiger partial charge in [-0.15, -0.1) is 0 Å². The van der Waals surface area contributed by atoms with Gasteiger partial charge in [-0.05, 0) is 26.3 Å². The predicted octanol–water partition coefficient (Wildman–Crippen LogP) is 3.42. The van der Waals surface area contributed by atoms with Crippen molar-refractivity contribution >= 4 is 17.4 Å². The van der Waals surface area contributed by atoms with Gasteiger partial charge < -0.3 is 10.6 Å². The van der Waals surface area contributed by atoms with Crippen molar-refractivity contribution in [1.82, 2.24) is 19.7 Å². The Bertz CT molecular complexity index is 902. The second-order valence-electron chi connectivity index (χ2n) is 6.54. The van der Waals surface area contributed by atoms with Crippen LogP contribution < -0.4 is 10.6 Å². The molecule has 1 amide bonds. The fourth-order valence-electron chi connectivity index (χ4n) is 2.81. The second-order valence-corrected chi connectivity index (χ2v) is 6.54. The minimum absolute atomic E-state index is 0.0550. The molecule has 0 aliphatic rings. The molecular weight excluding hydrogens is 326 g/mol. The number of hydrogen-bond acceptors (Lipinski definition) is 4. The van der Waals surface area contributed by atoms with Crippen LogP contribution in [-0.4, -0.2) is 32.9 Å². The monoisotopic (exact) mass is 351 g/mol. The normalized spacial score (nSPS) is 12.1. The van der Waals surface area contributed by atoms with E-state index in [0.717, 1.165) is 29.1 Å². The zero-order chi connectivity index (χ0) is 18.5. The lowest BCUT2D eigenvalue weighted by molar-refractivity contribution is -0.121. The lowest BCUT2D eigenvalue weighted by atomic mass is 10.1. The number of aryl methyl sites for hydroxylation is 1. The number of anilines is 1. The van der Waals surface area contributed by atoms with Crippen molar-refractivity contribution in [1.29, 1.82) is 0 Å². The van der Waals surface area contributed by atoms with Gasteiger partial charge in [0.2, 0.25) is 5.91 Å². The molecule has 0 spiro atoms. The highest BCUT2D eigenvalue weighted by molar-refractivity contribution is 5.79. The Morgan fingerprint density at radius 3 is 2.96 bits per heavy atom. The summed E-state index contributed by atoms with van der Waals surface area (Å²) in [7, 11) is 0. The van der Waals surface area contributed by atoms with Gasteiger partial charge >= 0.3 is 0 Å². The standard InChI is InChI=1S/C20H25N5O/c1-4-15(3)23-18(26)8-9-22-20-19(16-7-5-6-14(2)12-16)24-17-13-21-10-11-25(17)20/h5-7,10-13,15,22H,4,8-9H2,1-3H3,(H,23,26)/t15-/m0/s1. The molecule has 6 heteroatoms. The first-order valence-electron chi connectivity index (χ1n) is 9.01. The summed E-state index contributed by atoms with van der Waals surface area (Å²) in [6, 6.07) is 8.44. The molecule has 6 nitrogen and oxygen atoms in total. The number of imidazole rings is 1. The van der Waals surface area contributed by atoms with Crippen molar-refractivity contribution in [2.75, 3.05) is 11.9 Å². The molecule has 1 atom stereocenters. The number of amides is 1. The molecule has 0 saturated heterocycles. The number of fused-ring (bicyclic) bond motifs is 1. The van der Waals surface area contributed by atoms with Gasteiger partial charge in [-0.3, -0.25) is 14.2 Å². The minimum Gasteiger partial charge on any atom is -0.369 e. The van der Waals surface area contributed by atoms with Gasteiger partial charge in [0, 0.05) is 37.0 Å². The van der Waals surface area contributed by atoms with Crippen LogP contribution >= 0.6 is 0 Å². The Morgan fingerprint density at radius 2 is 2.19 bits per heavy atom. The summed E-state index contributed by atoms with van der Waals surface area (Å²) in [5.41, 5.74) is 3.86. The lowest BCUT2D eigenvalue weighted by Crippen LogP contribution is -2.33. The molecule has 0 aliphatic heterocycles. The molecule has 0 radical (unpaired) electrons. The second kappa shape index (κ2) is 7.99. The third kappa shape index (κ3) is 4.02. The quantitative estimate of drug-likeness (QED) is 0.684. The van der Waals surface area contributed by atoms with E-state index in [2.05, 4.69) is 41.6 Å². The van der Waals surface area contributed by atoms with Crippen LogP contribution in [0.2, 0.25) is 0 Å². The van der Waals surface area contributed by atoms with Crippen LogP contribution in [0.25, 0.3) is 16.9 Å². The molecule has 3 rings (SSSR count). The van der Waals surface area contributed by atoms with Crippen LogP contribution in [0.15, 0.2) is 42.9 Å². The SMILES string of the molecule is CC[C@H](C)NC(=O)CCNc1c(-c2cccc(C)c2)nc2cnccn12. The molecule has 0 bridgehead atoms. The highest BCUT2D eigenvalue weighted by Gasteiger charge is 2.14. The first kappa shape index (κ1) is 17.9. The van der Waals surface area contributed by atoms with E-state index in [-0.39, 0.29) is 11.9 Å². The first-order chi connectivity index (χ1) is 12.6. The van der Waals surface area contributed by atoms with Gasteiger partial charge in [0.05, 0.1) is 6.20 Å². The van der Waals surface area contributed by atoms with Crippen LogP contribution in [0.5, 0.6) is 0 Å². The van der Waals surface area contributed by atoms with E-state index in [9.17, 15) is 4.79 Å². The van der Waals surface area contributed by atoms with Gasteiger partial charge in [0.15, 0.2) is 5.65 Å². The molecule has 0 fully saturated rings. The van der Waals surface area contributed by atoms with E-state index in [1.807, 2.05) is 29.7 Å². The number of rotatable bonds is 7. The van der Waals surface area contributed by atoms with Crippen molar-refractivity contribution in [2.24, 2.45) is 0 Å². The van der Waals surface area contributed by atoms with Crippen LogP contribution in [0.1, 0.15) is 32.3 Å². The maximum absolute atomic E-state index is 12.0. The Labute approximate surface area is 153 Å². The highest BCUT2D eigenvalue weighted by Crippen LogP contribution is 2.28. The summed E-state index contributed by atoms with van der Waals surface area (Å²) in [5.74, 6) is 0.934. The van der Waals surface area contributed by atoms with Gasteiger partial charge in [-0.25, -0.2) is 4.98 Å². The fourth-order valence-corrected chi connectivity index (χ4v) is 2.81. The molecular formula is C20H25N5O. The molecule has 2 N–H and O–H groups in total. The van der Waals surface area contributed by atoms with Crippen LogP contribution in [0.4, 0.5) is 5.82 Å². The summed E-state index contributed by atoms with van der Waals surface area (Å²) in [6.07, 6.45) is 6.69. The third-order valence-electron chi connectivity index (χ3n) is 4.39. The summed E-state index contributed by atoms with van der Waals surface area (Å²) in [4.78, 5) is 20.9. The van der Waals surface area contributed by atoms with Crippen molar-refractivity contribution in [3.05, 3.63) is 48.4 Å². The van der Waals surface area contributed by atoms with E-state index in [0.29, 0.717) is 13.0 Å². The summed E-state index contributed by atoms with van der Waals surface area (Å²) >= 11 is 0. The molecule has 0 saturated carbocycles. The van der Waals surface area contributed by atoms with E-state index in [1.54, 1.807) is 12.4 Å². The largest absolute Gasteiger partial charge is 0.369 e. The molecule has 0 aliphatic carbocycles. The number of hydrogen-bond donors (Lipinski definition) is 2. The molecule has 1 aromatic carbocycles. The topological polar surface area (TPSA) is 71.3 Å². The zero-order valence-corrected chi connectivity index (χ0v) is 15.5. The molecule has 0 unspecified atom stereocenters. The third-order valence-corrected chi connectivity index (χ3v) is 4.39. The molecule has 2 heterocycles. The van der Waals surface area contributed by atoms with E-state index < -0.39 is 0 Å². The van der Waals surface area contributed by atoms with Gasteiger partial charge in [-0.1, -0.05) is 30.7 Å². The lowest BCUT2D eigenvalue weighted by Gasteiger charge is -2.12. The Balaban J connectivity index is 1.82. The summed E-state index contributed by atoms with van der Waals surface area (Å²) in [5, 5.41) is 6.38. The van der Waals surface area contributed by atoms with Crippen molar-refractivity contribution < 1.29 is 4.79 Å². The number of nitrogens with one attached hydrogen (secondary N) is 2. The van der Waals surface area contributed by atoms with Gasteiger partial charge in [0.1, 0.15) is 11.5 Å². The average Bonchev–Trinajstić information content (AvgIpc) is 3.00. The fraction of sp³-hybridized carbons (Fsp3) is 0.350. The minimum atomic E-state index is 0.0550. The van der Waals surface area contributed by atoms with E-state index in [4.69, 9.17) is 4.98 Å².